The Morgan fingerprint density at radius 1 is 0.737 bits per heavy atom. The smallest absolute Gasteiger partial charge is 0.207 e. The molecule has 1 aromatic carbocycles. The van der Waals surface area contributed by atoms with Crippen molar-refractivity contribution in [2.75, 3.05) is 39.6 Å². The highest BCUT2D eigenvalue weighted by Crippen LogP contribution is 2.43. The number of rotatable bonds is 9. The van der Waals surface area contributed by atoms with Crippen LogP contribution in [0.2, 0.25) is 0 Å². The number of ether oxygens (including phenoxy) is 3. The van der Waals surface area contributed by atoms with Gasteiger partial charge in [-0.2, -0.15) is 0 Å². The van der Waals surface area contributed by atoms with Gasteiger partial charge in [-0.15, -0.1) is 0 Å². The molecule has 0 atom stereocenters. The minimum absolute atomic E-state index is 0.00553. The van der Waals surface area contributed by atoms with Gasteiger partial charge in [-0.3, -0.25) is 0 Å². The van der Waals surface area contributed by atoms with Gasteiger partial charge in [0.05, 0.1) is 19.8 Å². The zero-order chi connectivity index (χ0) is 14.1. The Hall–Kier alpha value is -1.70. The summed E-state index contributed by atoms with van der Waals surface area (Å²) in [5, 5.41) is 36.0. The molecule has 19 heavy (non-hydrogen) atoms. The molecular weight excluding hydrogens is 256 g/mol. The second kappa shape index (κ2) is 8.41. The SMILES string of the molecule is OCCOc1ccc(O)c(OCCO)c1OCCO. The van der Waals surface area contributed by atoms with E-state index in [1.54, 1.807) is 0 Å². The van der Waals surface area contributed by atoms with Crippen molar-refractivity contribution in [1.82, 2.24) is 0 Å². The third-order valence-electron chi connectivity index (χ3n) is 2.08. The lowest BCUT2D eigenvalue weighted by Crippen LogP contribution is -2.09. The predicted molar refractivity (Wildman–Crippen MR) is 65.8 cm³/mol. The van der Waals surface area contributed by atoms with Gasteiger partial charge in [0.25, 0.3) is 0 Å². The van der Waals surface area contributed by atoms with Gasteiger partial charge in [0, 0.05) is 0 Å². The van der Waals surface area contributed by atoms with E-state index in [-0.39, 0.29) is 62.6 Å². The summed E-state index contributed by atoms with van der Waals surface area (Å²) in [6.45, 7) is -0.580. The van der Waals surface area contributed by atoms with Crippen molar-refractivity contribution in [3.8, 4) is 23.0 Å². The Labute approximate surface area is 110 Å². The zero-order valence-electron chi connectivity index (χ0n) is 10.4. The van der Waals surface area contributed by atoms with Crippen molar-refractivity contribution in [2.45, 2.75) is 0 Å². The first-order valence-electron chi connectivity index (χ1n) is 5.81. The van der Waals surface area contributed by atoms with E-state index in [2.05, 4.69) is 0 Å². The van der Waals surface area contributed by atoms with Crippen LogP contribution in [-0.2, 0) is 0 Å². The largest absolute Gasteiger partial charge is 0.504 e. The first-order valence-corrected chi connectivity index (χ1v) is 5.81. The molecule has 0 spiro atoms. The third kappa shape index (κ3) is 4.47. The Bertz CT molecular complexity index is 381. The molecule has 4 N–H and O–H groups in total. The summed E-state index contributed by atoms with van der Waals surface area (Å²) >= 11 is 0. The molecule has 7 nitrogen and oxygen atoms in total. The summed E-state index contributed by atoms with van der Waals surface area (Å²) in [7, 11) is 0. The lowest BCUT2D eigenvalue weighted by Gasteiger charge is -2.17. The van der Waals surface area contributed by atoms with Crippen molar-refractivity contribution in [3.63, 3.8) is 0 Å². The van der Waals surface area contributed by atoms with Gasteiger partial charge in [0.2, 0.25) is 11.5 Å². The van der Waals surface area contributed by atoms with Crippen LogP contribution in [0.25, 0.3) is 0 Å². The number of aromatic hydroxyl groups is 1. The molecule has 0 saturated carbocycles. The molecule has 0 heterocycles. The summed E-state index contributed by atoms with van der Waals surface area (Å²) < 4.78 is 15.7. The van der Waals surface area contributed by atoms with Crippen molar-refractivity contribution >= 4 is 0 Å². The number of hydrogen-bond acceptors (Lipinski definition) is 7. The Balaban J connectivity index is 3.00. The molecule has 0 aliphatic heterocycles. The monoisotopic (exact) mass is 274 g/mol. The van der Waals surface area contributed by atoms with Crippen LogP contribution in [0.5, 0.6) is 23.0 Å². The number of phenols is 1. The fraction of sp³-hybridized carbons (Fsp3) is 0.500. The summed E-state index contributed by atoms with van der Waals surface area (Å²) in [6, 6.07) is 2.81. The van der Waals surface area contributed by atoms with E-state index in [0.29, 0.717) is 0 Å². The normalized spacial score (nSPS) is 10.3. The summed E-state index contributed by atoms with van der Waals surface area (Å²) in [5.41, 5.74) is 0. The Morgan fingerprint density at radius 3 is 1.84 bits per heavy atom. The second-order valence-corrected chi connectivity index (χ2v) is 3.46. The molecule has 0 aliphatic rings. The first-order chi connectivity index (χ1) is 9.24. The number of hydrogen-bond donors (Lipinski definition) is 4. The van der Waals surface area contributed by atoms with Gasteiger partial charge in [0.15, 0.2) is 11.5 Å². The molecule has 0 unspecified atom stereocenters. The van der Waals surface area contributed by atoms with E-state index in [1.165, 1.54) is 12.1 Å². The quantitative estimate of drug-likeness (QED) is 0.481. The molecule has 0 bridgehead atoms. The number of benzene rings is 1. The van der Waals surface area contributed by atoms with Crippen molar-refractivity contribution in [1.29, 1.82) is 0 Å². The fourth-order valence-electron chi connectivity index (χ4n) is 1.38. The van der Waals surface area contributed by atoms with Crippen LogP contribution in [0.1, 0.15) is 0 Å². The van der Waals surface area contributed by atoms with E-state index in [0.717, 1.165) is 0 Å². The van der Waals surface area contributed by atoms with Gasteiger partial charge in [-0.05, 0) is 12.1 Å². The lowest BCUT2D eigenvalue weighted by molar-refractivity contribution is 0.162. The average molecular weight is 274 g/mol. The van der Waals surface area contributed by atoms with Crippen molar-refractivity contribution < 1.29 is 34.6 Å². The molecule has 1 aromatic rings. The zero-order valence-corrected chi connectivity index (χ0v) is 10.4. The third-order valence-corrected chi connectivity index (χ3v) is 2.08. The first kappa shape index (κ1) is 15.4. The van der Waals surface area contributed by atoms with Crippen LogP contribution in [-0.4, -0.2) is 60.1 Å². The summed E-state index contributed by atoms with van der Waals surface area (Å²) in [4.78, 5) is 0. The van der Waals surface area contributed by atoms with Crippen LogP contribution >= 0.6 is 0 Å². The lowest BCUT2D eigenvalue weighted by atomic mass is 10.2. The van der Waals surface area contributed by atoms with Crippen LogP contribution < -0.4 is 14.2 Å². The van der Waals surface area contributed by atoms with E-state index < -0.39 is 0 Å². The van der Waals surface area contributed by atoms with Crippen LogP contribution in [0.15, 0.2) is 12.1 Å². The van der Waals surface area contributed by atoms with Crippen molar-refractivity contribution in [2.24, 2.45) is 0 Å². The van der Waals surface area contributed by atoms with Crippen LogP contribution in [0.4, 0.5) is 0 Å². The molecule has 0 amide bonds. The predicted octanol–water partition coefficient (Wildman–Crippen LogP) is -0.495. The highest BCUT2D eigenvalue weighted by molar-refractivity contribution is 5.58. The number of phenolic OH excluding ortho intramolecular Hbond substituents is 1. The van der Waals surface area contributed by atoms with Gasteiger partial charge < -0.3 is 34.6 Å². The van der Waals surface area contributed by atoms with Gasteiger partial charge in [-0.1, -0.05) is 0 Å². The topological polar surface area (TPSA) is 109 Å². The molecule has 0 aromatic heterocycles. The van der Waals surface area contributed by atoms with E-state index in [4.69, 9.17) is 29.5 Å². The van der Waals surface area contributed by atoms with E-state index >= 15 is 0 Å². The Morgan fingerprint density at radius 2 is 1.26 bits per heavy atom. The minimum Gasteiger partial charge on any atom is -0.504 e. The fourth-order valence-corrected chi connectivity index (χ4v) is 1.38. The second-order valence-electron chi connectivity index (χ2n) is 3.46. The van der Waals surface area contributed by atoms with E-state index in [1.807, 2.05) is 0 Å². The molecule has 0 saturated heterocycles. The molecule has 7 heteroatoms. The highest BCUT2D eigenvalue weighted by Gasteiger charge is 2.17. The molecule has 0 fully saturated rings. The van der Waals surface area contributed by atoms with Crippen LogP contribution in [0, 0.1) is 0 Å². The highest BCUT2D eigenvalue weighted by atomic mass is 16.6. The maximum atomic E-state index is 9.71. The maximum absolute atomic E-state index is 9.71. The number of aliphatic hydroxyl groups excluding tert-OH is 3. The summed E-state index contributed by atoms with van der Waals surface area (Å²) in [5.74, 6) is 0.250. The molecule has 108 valence electrons. The van der Waals surface area contributed by atoms with Crippen molar-refractivity contribution in [3.05, 3.63) is 12.1 Å². The summed E-state index contributed by atoms with van der Waals surface area (Å²) in [6.07, 6.45) is 0. The average Bonchev–Trinajstić information content (AvgIpc) is 2.42. The molecular formula is C12H18O7. The Kier molecular flexibility index (Phi) is 6.80. The van der Waals surface area contributed by atoms with Gasteiger partial charge in [-0.25, -0.2) is 0 Å². The molecule has 1 rings (SSSR count). The van der Waals surface area contributed by atoms with Crippen LogP contribution in [0.3, 0.4) is 0 Å². The maximum Gasteiger partial charge on any atom is 0.207 e. The van der Waals surface area contributed by atoms with Gasteiger partial charge in [0.1, 0.15) is 19.8 Å². The van der Waals surface area contributed by atoms with Gasteiger partial charge >= 0.3 is 0 Å². The molecule has 0 aliphatic carbocycles. The molecule has 0 radical (unpaired) electrons. The standard InChI is InChI=1S/C12H18O7/c13-3-6-17-10-2-1-9(16)11(18-7-4-14)12(10)19-8-5-15/h1-2,13-16H,3-8H2. The number of aliphatic hydroxyl groups is 3. The minimum atomic E-state index is -0.222. The van der Waals surface area contributed by atoms with E-state index in [9.17, 15) is 5.11 Å².